The molecule has 0 atom stereocenters. The molecule has 19 heavy (non-hydrogen) atoms. The van der Waals surface area contributed by atoms with Gasteiger partial charge in [0.1, 0.15) is 6.61 Å². The molecule has 0 fully saturated rings. The molecule has 0 saturated carbocycles. The second-order valence-electron chi connectivity index (χ2n) is 5.05. The van der Waals surface area contributed by atoms with Crippen LogP contribution in [0.25, 0.3) is 0 Å². The maximum atomic E-state index is 11.3. The minimum Gasteiger partial charge on any atom is -0.381 e. The van der Waals surface area contributed by atoms with Crippen LogP contribution in [0.1, 0.15) is 46.5 Å². The Morgan fingerprint density at radius 3 is 2.37 bits per heavy atom. The van der Waals surface area contributed by atoms with E-state index in [0.29, 0.717) is 6.61 Å². The van der Waals surface area contributed by atoms with Crippen LogP contribution in [0, 0.1) is 5.92 Å². The van der Waals surface area contributed by atoms with Crippen molar-refractivity contribution in [3.63, 3.8) is 0 Å². The highest BCUT2D eigenvalue weighted by Gasteiger charge is 2.06. The molecule has 0 amide bonds. The monoisotopic (exact) mass is 273 g/mol. The van der Waals surface area contributed by atoms with Gasteiger partial charge in [0.05, 0.1) is 0 Å². The lowest BCUT2D eigenvalue weighted by atomic mass is 10.1. The summed E-state index contributed by atoms with van der Waals surface area (Å²) in [5.74, 6) is 0.236. The standard InChI is InChI=1S/C15H31NO3/c1-4-16-9-6-5-7-10-18-11-8-12-19-13-15(17)14(2)3/h14,16H,4-13H2,1-3H3. The van der Waals surface area contributed by atoms with Gasteiger partial charge in [-0.2, -0.15) is 0 Å². The van der Waals surface area contributed by atoms with Gasteiger partial charge < -0.3 is 14.8 Å². The second kappa shape index (κ2) is 14.0. The largest absolute Gasteiger partial charge is 0.381 e. The number of hydrogen-bond acceptors (Lipinski definition) is 4. The molecule has 0 aromatic heterocycles. The molecule has 0 aliphatic carbocycles. The SMILES string of the molecule is CCNCCCCCOCCCOCC(=O)C(C)C. The molecule has 0 aliphatic rings. The Balaban J connectivity index is 3.05. The number of carbonyl (C=O) groups is 1. The highest BCUT2D eigenvalue weighted by molar-refractivity contribution is 5.81. The summed E-state index contributed by atoms with van der Waals surface area (Å²) in [6, 6.07) is 0. The highest BCUT2D eigenvalue weighted by atomic mass is 16.5. The third-order valence-electron chi connectivity index (χ3n) is 2.86. The molecule has 4 heteroatoms. The van der Waals surface area contributed by atoms with E-state index < -0.39 is 0 Å². The van der Waals surface area contributed by atoms with Crippen molar-refractivity contribution in [2.75, 3.05) is 39.5 Å². The van der Waals surface area contributed by atoms with Gasteiger partial charge in [0.2, 0.25) is 0 Å². The van der Waals surface area contributed by atoms with E-state index in [1.807, 2.05) is 13.8 Å². The molecule has 0 unspecified atom stereocenters. The third-order valence-corrected chi connectivity index (χ3v) is 2.86. The molecule has 0 aromatic rings. The van der Waals surface area contributed by atoms with Gasteiger partial charge in [-0.25, -0.2) is 0 Å². The molecular weight excluding hydrogens is 242 g/mol. The van der Waals surface area contributed by atoms with Crippen molar-refractivity contribution in [1.82, 2.24) is 5.32 Å². The summed E-state index contributed by atoms with van der Waals surface area (Å²) in [6.45, 7) is 10.5. The van der Waals surface area contributed by atoms with Crippen LogP contribution in [0.2, 0.25) is 0 Å². The lowest BCUT2D eigenvalue weighted by Gasteiger charge is -2.07. The Labute approximate surface area is 118 Å². The van der Waals surface area contributed by atoms with Crippen LogP contribution in [0.3, 0.4) is 0 Å². The fourth-order valence-corrected chi connectivity index (χ4v) is 1.51. The average molecular weight is 273 g/mol. The van der Waals surface area contributed by atoms with Crippen LogP contribution in [0.4, 0.5) is 0 Å². The van der Waals surface area contributed by atoms with Crippen molar-refractivity contribution in [1.29, 1.82) is 0 Å². The normalized spacial score (nSPS) is 11.2. The van der Waals surface area contributed by atoms with E-state index in [1.54, 1.807) is 0 Å². The quantitative estimate of drug-likeness (QED) is 0.494. The maximum Gasteiger partial charge on any atom is 0.160 e. The number of ketones is 1. The van der Waals surface area contributed by atoms with Crippen molar-refractivity contribution in [2.24, 2.45) is 5.92 Å². The Kier molecular flexibility index (Phi) is 13.6. The Morgan fingerprint density at radius 1 is 1.00 bits per heavy atom. The van der Waals surface area contributed by atoms with Gasteiger partial charge in [0, 0.05) is 25.7 Å². The van der Waals surface area contributed by atoms with E-state index in [9.17, 15) is 4.79 Å². The smallest absolute Gasteiger partial charge is 0.160 e. The van der Waals surface area contributed by atoms with E-state index in [4.69, 9.17) is 9.47 Å². The van der Waals surface area contributed by atoms with Crippen LogP contribution >= 0.6 is 0 Å². The summed E-state index contributed by atoms with van der Waals surface area (Å²) in [4.78, 5) is 11.3. The molecule has 0 radical (unpaired) electrons. The third kappa shape index (κ3) is 13.8. The molecule has 0 aromatic carbocycles. The van der Waals surface area contributed by atoms with Crippen LogP contribution < -0.4 is 5.32 Å². The zero-order chi connectivity index (χ0) is 14.3. The molecule has 4 nitrogen and oxygen atoms in total. The zero-order valence-corrected chi connectivity index (χ0v) is 12.9. The average Bonchev–Trinajstić information content (AvgIpc) is 2.39. The van der Waals surface area contributed by atoms with Gasteiger partial charge in [0.15, 0.2) is 5.78 Å². The van der Waals surface area contributed by atoms with Crippen molar-refractivity contribution in [3.8, 4) is 0 Å². The topological polar surface area (TPSA) is 47.6 Å². The Morgan fingerprint density at radius 2 is 1.68 bits per heavy atom. The number of ether oxygens (including phenoxy) is 2. The fraction of sp³-hybridized carbons (Fsp3) is 0.933. The first-order chi connectivity index (χ1) is 9.18. The van der Waals surface area contributed by atoms with Gasteiger partial charge in [-0.1, -0.05) is 20.8 Å². The summed E-state index contributed by atoms with van der Waals surface area (Å²) in [6.07, 6.45) is 4.42. The van der Waals surface area contributed by atoms with Gasteiger partial charge in [0.25, 0.3) is 0 Å². The number of carbonyl (C=O) groups excluding carboxylic acids is 1. The summed E-state index contributed by atoms with van der Waals surface area (Å²) in [7, 11) is 0. The Hall–Kier alpha value is -0.450. The number of Topliss-reactive ketones (excluding diaryl/α,β-unsaturated/α-hetero) is 1. The van der Waals surface area contributed by atoms with E-state index in [2.05, 4.69) is 12.2 Å². The molecule has 0 rings (SSSR count). The number of hydrogen-bond donors (Lipinski definition) is 1. The minimum atomic E-state index is 0.0680. The van der Waals surface area contributed by atoms with E-state index >= 15 is 0 Å². The number of rotatable bonds is 14. The molecule has 114 valence electrons. The minimum absolute atomic E-state index is 0.0680. The van der Waals surface area contributed by atoms with Crippen LogP contribution in [-0.2, 0) is 14.3 Å². The van der Waals surface area contributed by atoms with Crippen LogP contribution in [-0.4, -0.2) is 45.3 Å². The van der Waals surface area contributed by atoms with Crippen molar-refractivity contribution >= 4 is 5.78 Å². The van der Waals surface area contributed by atoms with Crippen molar-refractivity contribution < 1.29 is 14.3 Å². The lowest BCUT2D eigenvalue weighted by molar-refractivity contribution is -0.126. The molecule has 0 bridgehead atoms. The lowest BCUT2D eigenvalue weighted by Crippen LogP contribution is -2.15. The molecular formula is C15H31NO3. The van der Waals surface area contributed by atoms with E-state index in [-0.39, 0.29) is 18.3 Å². The zero-order valence-electron chi connectivity index (χ0n) is 12.9. The van der Waals surface area contributed by atoms with Crippen molar-refractivity contribution in [3.05, 3.63) is 0 Å². The maximum absolute atomic E-state index is 11.3. The van der Waals surface area contributed by atoms with Crippen molar-refractivity contribution in [2.45, 2.75) is 46.5 Å². The molecule has 0 spiro atoms. The van der Waals surface area contributed by atoms with Gasteiger partial charge in [-0.05, 0) is 38.8 Å². The van der Waals surface area contributed by atoms with Gasteiger partial charge in [-0.15, -0.1) is 0 Å². The van der Waals surface area contributed by atoms with Gasteiger partial charge >= 0.3 is 0 Å². The molecule has 1 N–H and O–H groups in total. The predicted molar refractivity (Wildman–Crippen MR) is 78.5 cm³/mol. The molecule has 0 aliphatic heterocycles. The summed E-state index contributed by atoms with van der Waals surface area (Å²) in [5, 5.41) is 3.31. The summed E-state index contributed by atoms with van der Waals surface area (Å²) in [5.41, 5.74) is 0. The van der Waals surface area contributed by atoms with E-state index in [1.165, 1.54) is 12.8 Å². The van der Waals surface area contributed by atoms with Crippen LogP contribution in [0.5, 0.6) is 0 Å². The summed E-state index contributed by atoms with van der Waals surface area (Å²) >= 11 is 0. The molecule has 0 heterocycles. The predicted octanol–water partition coefficient (Wildman–Crippen LogP) is 2.41. The number of unbranched alkanes of at least 4 members (excludes halogenated alkanes) is 2. The fourth-order valence-electron chi connectivity index (χ4n) is 1.51. The van der Waals surface area contributed by atoms with E-state index in [0.717, 1.165) is 39.1 Å². The first-order valence-corrected chi connectivity index (χ1v) is 7.57. The summed E-state index contributed by atoms with van der Waals surface area (Å²) < 4.78 is 10.8. The van der Waals surface area contributed by atoms with Gasteiger partial charge in [-0.3, -0.25) is 4.79 Å². The van der Waals surface area contributed by atoms with Crippen LogP contribution in [0.15, 0.2) is 0 Å². The Bertz CT molecular complexity index is 208. The molecule has 0 saturated heterocycles. The highest BCUT2D eigenvalue weighted by Crippen LogP contribution is 1.97. The second-order valence-corrected chi connectivity index (χ2v) is 5.05. The first-order valence-electron chi connectivity index (χ1n) is 7.57. The first kappa shape index (κ1) is 18.6. The number of nitrogens with one attached hydrogen (secondary N) is 1.